The molecule has 2 aromatic heterocycles. The molecule has 10 nitrogen and oxygen atoms in total. The van der Waals surface area contributed by atoms with Crippen LogP contribution in [0.15, 0.2) is 85.2 Å². The average molecular weight is 579 g/mol. The second-order valence-electron chi connectivity index (χ2n) is 10.1. The number of methoxy groups -OCH3 is 1. The van der Waals surface area contributed by atoms with Crippen molar-refractivity contribution in [2.75, 3.05) is 25.5 Å². The minimum atomic E-state index is -0.412. The van der Waals surface area contributed by atoms with E-state index in [9.17, 15) is 19.2 Å². The maximum atomic E-state index is 13.2. The number of Topliss-reactive ketones (excluding diaryl/α,β-unsaturated/α-hetero) is 2. The number of aromatic nitrogens is 2. The van der Waals surface area contributed by atoms with Crippen LogP contribution in [0.2, 0.25) is 0 Å². The van der Waals surface area contributed by atoms with Crippen LogP contribution in [-0.2, 0) is 0 Å². The predicted molar refractivity (Wildman–Crippen MR) is 159 cm³/mol. The average Bonchev–Trinajstić information content (AvgIpc) is 3.05. The molecule has 43 heavy (non-hydrogen) atoms. The Labute approximate surface area is 248 Å². The van der Waals surface area contributed by atoms with Gasteiger partial charge in [-0.2, -0.15) is 0 Å². The minimum Gasteiger partial charge on any atom is -0.497 e. The third kappa shape index (κ3) is 7.10. The van der Waals surface area contributed by atoms with Crippen LogP contribution < -0.4 is 14.8 Å². The van der Waals surface area contributed by atoms with Gasteiger partial charge in [-0.05, 0) is 86.5 Å². The van der Waals surface area contributed by atoms with Gasteiger partial charge in [0.25, 0.3) is 11.8 Å². The Balaban J connectivity index is 1.16. The fourth-order valence-electron chi connectivity index (χ4n) is 4.78. The molecule has 0 bridgehead atoms. The molecular weight excluding hydrogens is 548 g/mol. The highest BCUT2D eigenvalue weighted by molar-refractivity contribution is 6.04. The van der Waals surface area contributed by atoms with Gasteiger partial charge in [0.05, 0.1) is 24.6 Å². The van der Waals surface area contributed by atoms with Crippen LogP contribution in [0.1, 0.15) is 61.3 Å². The van der Waals surface area contributed by atoms with E-state index in [1.165, 1.54) is 31.5 Å². The van der Waals surface area contributed by atoms with Gasteiger partial charge in [-0.1, -0.05) is 0 Å². The zero-order valence-electron chi connectivity index (χ0n) is 23.8. The predicted octanol–water partition coefficient (Wildman–Crippen LogP) is 5.47. The SMILES string of the molecule is COc1ccc(C(=O)C2CCCN(C(=O)c3ccc(C(=O)Nc4ccc(Oc5ccc(C(C)=O)cc5)nc4)cn3)C2)cc1. The van der Waals surface area contributed by atoms with Crippen molar-refractivity contribution in [2.24, 2.45) is 5.92 Å². The van der Waals surface area contributed by atoms with Crippen LogP contribution >= 0.6 is 0 Å². The molecule has 0 spiro atoms. The summed E-state index contributed by atoms with van der Waals surface area (Å²) in [6.07, 6.45) is 4.23. The zero-order chi connectivity index (χ0) is 30.3. The number of hydrogen-bond donors (Lipinski definition) is 1. The smallest absolute Gasteiger partial charge is 0.272 e. The molecule has 218 valence electrons. The number of carbonyl (C=O) groups is 4. The summed E-state index contributed by atoms with van der Waals surface area (Å²) in [7, 11) is 1.57. The monoisotopic (exact) mass is 578 g/mol. The number of ketones is 2. The number of carbonyl (C=O) groups excluding carboxylic acids is 4. The quantitative estimate of drug-likeness (QED) is 0.259. The number of piperidine rings is 1. The highest BCUT2D eigenvalue weighted by Crippen LogP contribution is 2.24. The standard InChI is InChI=1S/C33H30N4O6/c1-21(38)22-5-13-28(14-6-22)43-30-16-10-26(19-35-30)36-32(40)24-9-15-29(34-18-24)33(41)37-17-3-4-25(20-37)31(39)23-7-11-27(42-2)12-8-23/h5-16,18-19,25H,3-4,17,20H2,1-2H3,(H,36,40). The van der Waals surface area contributed by atoms with Gasteiger partial charge in [0.2, 0.25) is 5.88 Å². The van der Waals surface area contributed by atoms with E-state index in [1.807, 2.05) is 0 Å². The molecule has 0 radical (unpaired) electrons. The first-order valence-electron chi connectivity index (χ1n) is 13.8. The first kappa shape index (κ1) is 29.1. The molecule has 1 unspecified atom stereocenters. The number of nitrogens with one attached hydrogen (secondary N) is 1. The Morgan fingerprint density at radius 1 is 0.814 bits per heavy atom. The second-order valence-corrected chi connectivity index (χ2v) is 10.1. The van der Waals surface area contributed by atoms with Crippen molar-refractivity contribution < 1.29 is 28.7 Å². The van der Waals surface area contributed by atoms with Gasteiger partial charge in [0.1, 0.15) is 17.2 Å². The highest BCUT2D eigenvalue weighted by atomic mass is 16.5. The summed E-state index contributed by atoms with van der Waals surface area (Å²) in [6, 6.07) is 20.0. The zero-order valence-corrected chi connectivity index (χ0v) is 23.8. The van der Waals surface area contributed by atoms with Crippen LogP contribution in [0.4, 0.5) is 5.69 Å². The lowest BCUT2D eigenvalue weighted by Crippen LogP contribution is -2.42. The molecule has 4 aromatic rings. The number of ether oxygens (including phenoxy) is 2. The van der Waals surface area contributed by atoms with Crippen molar-refractivity contribution in [3.63, 3.8) is 0 Å². The van der Waals surface area contributed by atoms with E-state index in [1.54, 1.807) is 72.7 Å². The Morgan fingerprint density at radius 3 is 2.14 bits per heavy atom. The molecule has 1 aliphatic rings. The van der Waals surface area contributed by atoms with E-state index in [0.29, 0.717) is 60.1 Å². The number of anilines is 1. The third-order valence-corrected chi connectivity index (χ3v) is 7.18. The number of amides is 2. The topological polar surface area (TPSA) is 128 Å². The lowest BCUT2D eigenvalue weighted by atomic mass is 9.90. The largest absolute Gasteiger partial charge is 0.497 e. The van der Waals surface area contributed by atoms with Gasteiger partial charge in [-0.25, -0.2) is 4.98 Å². The van der Waals surface area contributed by atoms with E-state index in [0.717, 1.165) is 0 Å². The van der Waals surface area contributed by atoms with Gasteiger partial charge in [0, 0.05) is 42.4 Å². The fourth-order valence-corrected chi connectivity index (χ4v) is 4.78. The summed E-state index contributed by atoms with van der Waals surface area (Å²) in [5, 5.41) is 2.75. The maximum absolute atomic E-state index is 13.2. The van der Waals surface area contributed by atoms with Gasteiger partial charge < -0.3 is 19.7 Å². The lowest BCUT2D eigenvalue weighted by molar-refractivity contribution is 0.0631. The Morgan fingerprint density at radius 2 is 1.51 bits per heavy atom. The van der Waals surface area contributed by atoms with Crippen molar-refractivity contribution in [3.8, 4) is 17.4 Å². The molecule has 0 saturated carbocycles. The first-order chi connectivity index (χ1) is 20.8. The summed E-state index contributed by atoms with van der Waals surface area (Å²) in [6.45, 7) is 2.34. The van der Waals surface area contributed by atoms with Gasteiger partial charge in [-0.15, -0.1) is 0 Å². The van der Waals surface area contributed by atoms with Gasteiger partial charge >= 0.3 is 0 Å². The van der Waals surface area contributed by atoms with Crippen LogP contribution in [0, 0.1) is 5.92 Å². The van der Waals surface area contributed by atoms with Crippen molar-refractivity contribution >= 4 is 29.1 Å². The molecule has 2 aromatic carbocycles. The second kappa shape index (κ2) is 13.1. The van der Waals surface area contributed by atoms with Crippen LogP contribution in [0.5, 0.6) is 17.4 Å². The third-order valence-electron chi connectivity index (χ3n) is 7.18. The number of likely N-dealkylation sites (tertiary alicyclic amines) is 1. The van der Waals surface area contributed by atoms with E-state index < -0.39 is 5.91 Å². The first-order valence-corrected chi connectivity index (χ1v) is 13.8. The number of hydrogen-bond acceptors (Lipinski definition) is 8. The lowest BCUT2D eigenvalue weighted by Gasteiger charge is -2.32. The molecule has 1 atom stereocenters. The molecule has 1 aliphatic heterocycles. The van der Waals surface area contributed by atoms with E-state index in [4.69, 9.17) is 9.47 Å². The Kier molecular flexibility index (Phi) is 8.85. The molecule has 1 fully saturated rings. The Hall–Kier alpha value is -5.38. The molecule has 1 saturated heterocycles. The van der Waals surface area contributed by atoms with Crippen LogP contribution in [-0.4, -0.2) is 58.4 Å². The number of nitrogens with zero attached hydrogens (tertiary/aromatic N) is 3. The molecule has 5 rings (SSSR count). The van der Waals surface area contributed by atoms with Gasteiger partial charge in [0.15, 0.2) is 11.6 Å². The molecule has 10 heteroatoms. The number of pyridine rings is 2. The fraction of sp³-hybridized carbons (Fsp3) is 0.212. The van der Waals surface area contributed by atoms with Gasteiger partial charge in [-0.3, -0.25) is 24.2 Å². The summed E-state index contributed by atoms with van der Waals surface area (Å²) >= 11 is 0. The molecule has 3 heterocycles. The van der Waals surface area contributed by atoms with Crippen LogP contribution in [0.25, 0.3) is 0 Å². The van der Waals surface area contributed by atoms with E-state index >= 15 is 0 Å². The molecule has 2 amide bonds. The van der Waals surface area contributed by atoms with Crippen molar-refractivity contribution in [1.82, 2.24) is 14.9 Å². The van der Waals surface area contributed by atoms with Crippen molar-refractivity contribution in [1.29, 1.82) is 0 Å². The maximum Gasteiger partial charge on any atom is 0.272 e. The molecule has 0 aliphatic carbocycles. The van der Waals surface area contributed by atoms with E-state index in [-0.39, 0.29) is 34.6 Å². The normalized spacial score (nSPS) is 14.5. The molecular formula is C33H30N4O6. The summed E-state index contributed by atoms with van der Waals surface area (Å²) < 4.78 is 10.9. The van der Waals surface area contributed by atoms with Crippen molar-refractivity contribution in [2.45, 2.75) is 19.8 Å². The Bertz CT molecular complexity index is 1620. The van der Waals surface area contributed by atoms with Crippen LogP contribution in [0.3, 0.4) is 0 Å². The number of rotatable bonds is 9. The summed E-state index contributed by atoms with van der Waals surface area (Å²) in [5.41, 5.74) is 2.10. The summed E-state index contributed by atoms with van der Waals surface area (Å²) in [5.74, 6) is 0.499. The number of benzene rings is 2. The van der Waals surface area contributed by atoms with E-state index in [2.05, 4.69) is 15.3 Å². The van der Waals surface area contributed by atoms with Crippen molar-refractivity contribution in [3.05, 3.63) is 108 Å². The summed E-state index contributed by atoms with van der Waals surface area (Å²) in [4.78, 5) is 60.5. The highest BCUT2D eigenvalue weighted by Gasteiger charge is 2.30. The minimum absolute atomic E-state index is 0.00228. The molecule has 1 N–H and O–H groups in total.